The number of rotatable bonds is 4. The molecule has 1 aliphatic carbocycles. The highest BCUT2D eigenvalue weighted by atomic mass is 16.2. The first kappa shape index (κ1) is 16.2. The van der Waals surface area contributed by atoms with E-state index in [2.05, 4.69) is 27.6 Å². The molecule has 2 fully saturated rings. The molecule has 2 amide bonds. The van der Waals surface area contributed by atoms with Crippen molar-refractivity contribution in [3.63, 3.8) is 0 Å². The van der Waals surface area contributed by atoms with Gasteiger partial charge in [0.15, 0.2) is 5.65 Å². The zero-order valence-electron chi connectivity index (χ0n) is 14.7. The minimum absolute atomic E-state index is 0.0652. The van der Waals surface area contributed by atoms with E-state index in [0.717, 1.165) is 31.0 Å². The van der Waals surface area contributed by atoms with Crippen molar-refractivity contribution in [1.29, 1.82) is 0 Å². The maximum atomic E-state index is 12.4. The number of imidazole rings is 1. The van der Waals surface area contributed by atoms with Crippen LogP contribution in [0.3, 0.4) is 0 Å². The summed E-state index contributed by atoms with van der Waals surface area (Å²) < 4.78 is 1.75. The first-order valence-corrected chi connectivity index (χ1v) is 9.21. The Hall–Kier alpha value is -2.31. The van der Waals surface area contributed by atoms with E-state index >= 15 is 0 Å². The van der Waals surface area contributed by atoms with E-state index in [1.807, 2.05) is 23.2 Å². The number of hydrogen-bond donors (Lipinski definition) is 2. The van der Waals surface area contributed by atoms with Gasteiger partial charge in [-0.15, -0.1) is 5.10 Å². The highest BCUT2D eigenvalue weighted by molar-refractivity contribution is 5.74. The van der Waals surface area contributed by atoms with E-state index in [4.69, 9.17) is 0 Å². The summed E-state index contributed by atoms with van der Waals surface area (Å²) in [5.41, 5.74) is 1.12. The number of aromatic nitrogens is 3. The Labute approximate surface area is 147 Å². The van der Waals surface area contributed by atoms with Crippen molar-refractivity contribution in [2.24, 2.45) is 5.41 Å². The summed E-state index contributed by atoms with van der Waals surface area (Å²) in [6.45, 7) is 4.57. The van der Waals surface area contributed by atoms with Crippen LogP contribution in [0.5, 0.6) is 0 Å². The van der Waals surface area contributed by atoms with Crippen LogP contribution >= 0.6 is 0 Å². The number of hydrogen-bond acceptors (Lipinski definition) is 4. The number of urea groups is 1. The molecule has 1 aliphatic heterocycles. The summed E-state index contributed by atoms with van der Waals surface area (Å²) in [6.07, 6.45) is 9.53. The highest BCUT2D eigenvalue weighted by Gasteiger charge is 2.31. The summed E-state index contributed by atoms with van der Waals surface area (Å²) >= 11 is 0. The van der Waals surface area contributed by atoms with Gasteiger partial charge in [-0.2, -0.15) is 0 Å². The normalized spacial score (nSPS) is 22.4. The number of nitrogens with one attached hydrogen (secondary N) is 2. The Morgan fingerprint density at radius 1 is 1.36 bits per heavy atom. The number of likely N-dealkylation sites (tertiary alicyclic amines) is 1. The minimum Gasteiger partial charge on any atom is -0.364 e. The van der Waals surface area contributed by atoms with E-state index in [0.29, 0.717) is 6.54 Å². The monoisotopic (exact) mass is 342 g/mol. The predicted molar refractivity (Wildman–Crippen MR) is 96.6 cm³/mol. The number of carbonyl (C=O) groups is 1. The Balaban J connectivity index is 1.29. The second-order valence-electron chi connectivity index (χ2n) is 7.70. The second-order valence-corrected chi connectivity index (χ2v) is 7.70. The lowest BCUT2D eigenvalue weighted by Crippen LogP contribution is -2.43. The van der Waals surface area contributed by atoms with Crippen molar-refractivity contribution in [1.82, 2.24) is 24.8 Å². The number of nitrogens with zero attached hydrogens (tertiary/aromatic N) is 4. The lowest BCUT2D eigenvalue weighted by atomic mass is 9.89. The molecule has 134 valence electrons. The number of amides is 2. The van der Waals surface area contributed by atoms with Crippen molar-refractivity contribution >= 4 is 17.5 Å². The SMILES string of the molecule is CC1(CNC(=O)N2CCC(Nc3ccc4nccn4n3)C2)CCCC1. The second kappa shape index (κ2) is 6.54. The maximum absolute atomic E-state index is 12.4. The molecule has 7 heteroatoms. The topological polar surface area (TPSA) is 74.6 Å². The maximum Gasteiger partial charge on any atom is 0.317 e. The van der Waals surface area contributed by atoms with Gasteiger partial charge >= 0.3 is 6.03 Å². The lowest BCUT2D eigenvalue weighted by molar-refractivity contribution is 0.200. The van der Waals surface area contributed by atoms with Crippen molar-refractivity contribution in [3.05, 3.63) is 24.5 Å². The lowest BCUT2D eigenvalue weighted by Gasteiger charge is -2.26. The van der Waals surface area contributed by atoms with Gasteiger partial charge < -0.3 is 15.5 Å². The highest BCUT2D eigenvalue weighted by Crippen LogP contribution is 2.36. The van der Waals surface area contributed by atoms with Crippen LogP contribution in [0.25, 0.3) is 5.65 Å². The largest absolute Gasteiger partial charge is 0.364 e. The first-order chi connectivity index (χ1) is 12.1. The van der Waals surface area contributed by atoms with Crippen LogP contribution in [0.1, 0.15) is 39.0 Å². The zero-order chi connectivity index (χ0) is 17.3. The molecule has 2 aliphatic rings. The molecule has 1 unspecified atom stereocenters. The number of carbonyl (C=O) groups excluding carboxylic acids is 1. The van der Waals surface area contributed by atoms with Crippen molar-refractivity contribution < 1.29 is 4.79 Å². The Bertz CT molecular complexity index is 751. The summed E-state index contributed by atoms with van der Waals surface area (Å²) in [5, 5.41) is 11.1. The molecule has 0 aromatic carbocycles. The fraction of sp³-hybridized carbons (Fsp3) is 0.611. The molecule has 25 heavy (non-hydrogen) atoms. The van der Waals surface area contributed by atoms with Gasteiger partial charge in [0, 0.05) is 38.1 Å². The standard InChI is InChI=1S/C18H26N6O/c1-18(7-2-3-8-18)13-20-17(25)23-10-6-14(12-23)21-15-4-5-16-19-9-11-24(16)22-15/h4-5,9,11,14H,2-3,6-8,10,12-13H2,1H3,(H,20,25)(H,21,22). The Morgan fingerprint density at radius 3 is 3.04 bits per heavy atom. The molecule has 0 bridgehead atoms. The summed E-state index contributed by atoms with van der Waals surface area (Å²) in [5.74, 6) is 0.816. The smallest absolute Gasteiger partial charge is 0.317 e. The van der Waals surface area contributed by atoms with E-state index < -0.39 is 0 Å². The fourth-order valence-corrected chi connectivity index (χ4v) is 3.97. The van der Waals surface area contributed by atoms with Gasteiger partial charge in [0.1, 0.15) is 5.82 Å². The molecule has 1 saturated heterocycles. The molecule has 2 N–H and O–H groups in total. The molecule has 0 spiro atoms. The zero-order valence-corrected chi connectivity index (χ0v) is 14.7. The molecule has 4 rings (SSSR count). The predicted octanol–water partition coefficient (Wildman–Crippen LogP) is 2.51. The van der Waals surface area contributed by atoms with Crippen molar-refractivity contribution in [2.45, 2.75) is 45.1 Å². The number of anilines is 1. The fourth-order valence-electron chi connectivity index (χ4n) is 3.97. The molecule has 2 aromatic rings. The minimum atomic E-state index is 0.0652. The van der Waals surface area contributed by atoms with Crippen LogP contribution in [0.2, 0.25) is 0 Å². The quantitative estimate of drug-likeness (QED) is 0.895. The van der Waals surface area contributed by atoms with E-state index in [9.17, 15) is 4.79 Å². The van der Waals surface area contributed by atoms with Crippen molar-refractivity contribution in [3.8, 4) is 0 Å². The third-order valence-corrected chi connectivity index (χ3v) is 5.56. The molecular formula is C18H26N6O. The molecular weight excluding hydrogens is 316 g/mol. The number of fused-ring (bicyclic) bond motifs is 1. The van der Waals surface area contributed by atoms with Crippen LogP contribution in [0.4, 0.5) is 10.6 Å². The summed E-state index contributed by atoms with van der Waals surface area (Å²) in [7, 11) is 0. The van der Waals surface area contributed by atoms with Gasteiger partial charge in [-0.1, -0.05) is 19.8 Å². The van der Waals surface area contributed by atoms with Crippen LogP contribution in [-0.2, 0) is 0 Å². The van der Waals surface area contributed by atoms with Gasteiger partial charge in [0.2, 0.25) is 0 Å². The molecule has 1 saturated carbocycles. The van der Waals surface area contributed by atoms with Crippen LogP contribution in [-0.4, -0.2) is 51.2 Å². The van der Waals surface area contributed by atoms with Crippen LogP contribution < -0.4 is 10.6 Å². The molecule has 7 nitrogen and oxygen atoms in total. The summed E-state index contributed by atoms with van der Waals surface area (Å²) in [4.78, 5) is 18.5. The van der Waals surface area contributed by atoms with Crippen LogP contribution in [0.15, 0.2) is 24.5 Å². The van der Waals surface area contributed by atoms with Gasteiger partial charge in [0.25, 0.3) is 0 Å². The first-order valence-electron chi connectivity index (χ1n) is 9.21. The average Bonchev–Trinajstić information content (AvgIpc) is 3.33. The average molecular weight is 342 g/mol. The third kappa shape index (κ3) is 3.55. The Morgan fingerprint density at radius 2 is 2.20 bits per heavy atom. The Kier molecular flexibility index (Phi) is 4.23. The van der Waals surface area contributed by atoms with Gasteiger partial charge in [-0.25, -0.2) is 14.3 Å². The van der Waals surface area contributed by atoms with E-state index in [1.165, 1.54) is 25.7 Å². The van der Waals surface area contributed by atoms with Crippen LogP contribution in [0, 0.1) is 5.41 Å². The third-order valence-electron chi connectivity index (χ3n) is 5.56. The summed E-state index contributed by atoms with van der Waals surface area (Å²) in [6, 6.07) is 4.18. The molecule has 0 radical (unpaired) electrons. The van der Waals surface area contributed by atoms with Gasteiger partial charge in [-0.05, 0) is 36.8 Å². The van der Waals surface area contributed by atoms with E-state index in [-0.39, 0.29) is 17.5 Å². The van der Waals surface area contributed by atoms with Crippen molar-refractivity contribution in [2.75, 3.05) is 25.0 Å². The molecule has 1 atom stereocenters. The van der Waals surface area contributed by atoms with E-state index in [1.54, 1.807) is 10.7 Å². The van der Waals surface area contributed by atoms with Gasteiger partial charge in [-0.3, -0.25) is 0 Å². The van der Waals surface area contributed by atoms with Gasteiger partial charge in [0.05, 0.1) is 0 Å². The molecule has 2 aromatic heterocycles. The molecule has 3 heterocycles.